The monoisotopic (exact) mass is 688 g/mol. The number of quaternary nitrogens is 1. The first-order chi connectivity index (χ1) is 25.8. The Morgan fingerprint density at radius 1 is 0.577 bits per heavy atom. The lowest BCUT2D eigenvalue weighted by molar-refractivity contribution is -0.616. The lowest BCUT2D eigenvalue weighted by atomic mass is 9.91. The molecule has 0 aliphatic heterocycles. The van der Waals surface area contributed by atoms with Gasteiger partial charge in [-0.15, -0.1) is 11.3 Å². The molecule has 0 radical (unpaired) electrons. The molecular weight excluding hydrogens is 651 g/mol. The first-order valence-corrected chi connectivity index (χ1v) is 19.1. The Kier molecular flexibility index (Phi) is 7.52. The summed E-state index contributed by atoms with van der Waals surface area (Å²) >= 11 is 1.93. The van der Waals surface area contributed by atoms with E-state index in [0.717, 1.165) is 12.8 Å². The molecule has 1 unspecified atom stereocenters. The van der Waals surface area contributed by atoms with Gasteiger partial charge in [-0.2, -0.15) is 4.68 Å². The summed E-state index contributed by atoms with van der Waals surface area (Å²) in [6, 6.07) is 60.0. The number of fused-ring (bicyclic) bond motifs is 9. The van der Waals surface area contributed by atoms with Crippen LogP contribution in [-0.2, 0) is 0 Å². The van der Waals surface area contributed by atoms with E-state index in [2.05, 4.69) is 191 Å². The summed E-state index contributed by atoms with van der Waals surface area (Å²) in [6.45, 7) is 2.31. The number of nitrogens with zero attached hydrogens (tertiary/aromatic N) is 2. The van der Waals surface area contributed by atoms with Gasteiger partial charge >= 0.3 is 0 Å². The number of rotatable bonds is 8. The van der Waals surface area contributed by atoms with Gasteiger partial charge in [0.2, 0.25) is 0 Å². The van der Waals surface area contributed by atoms with Crippen molar-refractivity contribution in [2.75, 3.05) is 0 Å². The maximum Gasteiger partial charge on any atom is 0.158 e. The topological polar surface area (TPSA) is 26.5 Å². The maximum atomic E-state index is 2.54. The van der Waals surface area contributed by atoms with Crippen LogP contribution in [0.1, 0.15) is 36.8 Å². The van der Waals surface area contributed by atoms with E-state index >= 15 is 0 Å². The molecule has 2 N–H and O–H groups in total. The van der Waals surface area contributed by atoms with E-state index in [4.69, 9.17) is 0 Å². The van der Waals surface area contributed by atoms with Crippen LogP contribution in [0.15, 0.2) is 170 Å². The van der Waals surface area contributed by atoms with Gasteiger partial charge in [0, 0.05) is 58.9 Å². The third-order valence-corrected chi connectivity index (χ3v) is 11.9. The molecule has 0 spiro atoms. The molecule has 0 aliphatic carbocycles. The summed E-state index contributed by atoms with van der Waals surface area (Å²) in [7, 11) is 0. The van der Waals surface area contributed by atoms with E-state index < -0.39 is 0 Å². The predicted molar refractivity (Wildman–Crippen MR) is 223 cm³/mol. The van der Waals surface area contributed by atoms with Crippen molar-refractivity contribution in [3.63, 3.8) is 0 Å². The van der Waals surface area contributed by atoms with Crippen molar-refractivity contribution >= 4 is 80.8 Å². The number of aromatic nitrogens is 2. The number of hydrogen-bond acceptors (Lipinski definition) is 1. The van der Waals surface area contributed by atoms with E-state index in [1.54, 1.807) is 0 Å². The van der Waals surface area contributed by atoms with Gasteiger partial charge in [-0.25, -0.2) is 5.43 Å². The minimum atomic E-state index is 0.258. The predicted octanol–water partition coefficient (Wildman–Crippen LogP) is 12.2. The molecule has 3 nitrogen and oxygen atoms in total. The summed E-state index contributed by atoms with van der Waals surface area (Å²) in [6.07, 6.45) is 4.71. The molecule has 10 rings (SSSR count). The van der Waals surface area contributed by atoms with E-state index in [0.29, 0.717) is 0 Å². The van der Waals surface area contributed by atoms with Gasteiger partial charge in [-0.1, -0.05) is 123 Å². The lowest BCUT2D eigenvalue weighted by Crippen LogP contribution is -2.84. The normalized spacial score (nSPS) is 13.0. The van der Waals surface area contributed by atoms with Gasteiger partial charge in [-0.3, -0.25) is 0 Å². The maximum absolute atomic E-state index is 2.54. The fraction of sp³-hybridized carbons (Fsp3) is 0.0833. The third kappa shape index (κ3) is 4.98. The average Bonchev–Trinajstić information content (AvgIpc) is 3.85. The highest BCUT2D eigenvalue weighted by Gasteiger charge is 2.22. The average molecular weight is 689 g/mol. The molecule has 1 atom stereocenters. The molecule has 7 aromatic carbocycles. The van der Waals surface area contributed by atoms with Crippen molar-refractivity contribution in [3.8, 4) is 5.69 Å². The molecule has 0 aliphatic rings. The lowest BCUT2D eigenvalue weighted by Gasteiger charge is -2.17. The fourth-order valence-electron chi connectivity index (χ4n) is 8.36. The van der Waals surface area contributed by atoms with Gasteiger partial charge in [0.1, 0.15) is 11.0 Å². The van der Waals surface area contributed by atoms with E-state index in [1.807, 2.05) is 11.3 Å². The van der Waals surface area contributed by atoms with Crippen molar-refractivity contribution in [1.29, 1.82) is 0 Å². The summed E-state index contributed by atoms with van der Waals surface area (Å²) in [5, 5.41) is 7.78. The van der Waals surface area contributed by atoms with Crippen LogP contribution in [0.4, 0.5) is 0 Å². The number of thiophene rings is 1. The van der Waals surface area contributed by atoms with Gasteiger partial charge < -0.3 is 4.57 Å². The SMILES string of the molecule is CCCC(C=C([NH2+]n1c2ccccc2c2cc3c4ccccc4n(-c4ccccc4)c3cc21)c1ccccc1)c1cccc2c1sc1ccccc12. The van der Waals surface area contributed by atoms with Gasteiger partial charge in [0.05, 0.1) is 11.0 Å². The number of nitrogens with two attached hydrogens (primary N) is 1. The largest absolute Gasteiger partial charge is 0.309 e. The van der Waals surface area contributed by atoms with Gasteiger partial charge in [0.15, 0.2) is 5.70 Å². The highest BCUT2D eigenvalue weighted by Crippen LogP contribution is 2.41. The minimum absolute atomic E-state index is 0.258. The van der Waals surface area contributed by atoms with Crippen molar-refractivity contribution in [2.24, 2.45) is 0 Å². The first-order valence-electron chi connectivity index (χ1n) is 18.3. The van der Waals surface area contributed by atoms with Crippen LogP contribution < -0.4 is 5.43 Å². The summed E-state index contributed by atoms with van der Waals surface area (Å²) in [4.78, 5) is 0. The zero-order valence-corrected chi connectivity index (χ0v) is 29.9. The second kappa shape index (κ2) is 12.7. The zero-order chi connectivity index (χ0) is 34.6. The van der Waals surface area contributed by atoms with Crippen LogP contribution in [0.5, 0.6) is 0 Å². The second-order valence-electron chi connectivity index (χ2n) is 13.8. The second-order valence-corrected chi connectivity index (χ2v) is 14.8. The number of para-hydroxylation sites is 3. The van der Waals surface area contributed by atoms with Crippen LogP contribution in [-0.4, -0.2) is 9.24 Å². The molecule has 3 aromatic heterocycles. The number of benzene rings is 7. The molecule has 0 amide bonds. The third-order valence-electron chi connectivity index (χ3n) is 10.7. The Balaban J connectivity index is 1.21. The Morgan fingerprint density at radius 2 is 1.21 bits per heavy atom. The van der Waals surface area contributed by atoms with E-state index in [9.17, 15) is 0 Å². The van der Waals surface area contributed by atoms with E-state index in [1.165, 1.54) is 86.3 Å². The molecule has 0 fully saturated rings. The molecule has 0 saturated heterocycles. The summed E-state index contributed by atoms with van der Waals surface area (Å²) < 4.78 is 7.62. The molecule has 0 saturated carbocycles. The molecule has 10 aromatic rings. The van der Waals surface area contributed by atoms with Crippen molar-refractivity contribution in [3.05, 3.63) is 181 Å². The standard InChI is InChI=1S/C48H37N3S/c1-2-16-33(35-24-15-25-39-38-23-11-14-28-47(38)52-48(35)39)29-42(32-17-5-3-6-18-32)49-51-44-27-13-10-22-37(44)41-30-40-36-21-9-12-26-43(36)50(45(40)31-46(41)51)34-19-7-4-8-20-34/h3-15,17-31,33,49H,2,16H2,1H3/p+1. The quantitative estimate of drug-likeness (QED) is 0.154. The molecule has 4 heteroatoms. The molecule has 52 heavy (non-hydrogen) atoms. The Morgan fingerprint density at radius 3 is 2.00 bits per heavy atom. The highest BCUT2D eigenvalue weighted by molar-refractivity contribution is 7.26. The van der Waals surface area contributed by atoms with Crippen LogP contribution >= 0.6 is 11.3 Å². The Labute approximate surface area is 306 Å². The van der Waals surface area contributed by atoms with Crippen molar-refractivity contribution in [1.82, 2.24) is 9.24 Å². The highest BCUT2D eigenvalue weighted by atomic mass is 32.1. The summed E-state index contributed by atoms with van der Waals surface area (Å²) in [5.74, 6) is 0.258. The van der Waals surface area contributed by atoms with Crippen LogP contribution in [0.25, 0.3) is 75.2 Å². The zero-order valence-electron chi connectivity index (χ0n) is 29.0. The van der Waals surface area contributed by atoms with Crippen LogP contribution in [0.3, 0.4) is 0 Å². The Hall–Kier alpha value is -5.94. The van der Waals surface area contributed by atoms with Crippen LogP contribution in [0.2, 0.25) is 0 Å². The van der Waals surface area contributed by atoms with Crippen LogP contribution in [0, 0.1) is 0 Å². The Bertz CT molecular complexity index is 2940. The van der Waals surface area contributed by atoms with Gasteiger partial charge in [-0.05, 0) is 72.7 Å². The summed E-state index contributed by atoms with van der Waals surface area (Å²) in [5.41, 5.74) is 12.3. The van der Waals surface area contributed by atoms with E-state index in [-0.39, 0.29) is 5.92 Å². The molecule has 3 heterocycles. The fourth-order valence-corrected chi connectivity index (χ4v) is 9.64. The molecule has 0 bridgehead atoms. The smallest absolute Gasteiger partial charge is 0.158 e. The number of hydrogen-bond donors (Lipinski definition) is 1. The molecule has 250 valence electrons. The molecular formula is C48H38N3S+. The van der Waals surface area contributed by atoms with Gasteiger partial charge in [0.25, 0.3) is 0 Å². The minimum Gasteiger partial charge on any atom is -0.309 e. The number of allylic oxidation sites excluding steroid dienone is 1. The van der Waals surface area contributed by atoms with Crippen molar-refractivity contribution < 1.29 is 5.43 Å². The van der Waals surface area contributed by atoms with Crippen molar-refractivity contribution in [2.45, 2.75) is 25.7 Å². The first kappa shape index (κ1) is 30.8.